The number of fused-ring (bicyclic) bond motifs is 8. The zero-order valence-corrected chi connectivity index (χ0v) is 78.1. The summed E-state index contributed by atoms with van der Waals surface area (Å²) in [6.07, 6.45) is 36.6. The first-order chi connectivity index (χ1) is 70.5. The van der Waals surface area contributed by atoms with E-state index in [0.717, 1.165) is 196 Å². The molecule has 20 aromatic heterocycles. The third kappa shape index (κ3) is 18.9. The number of hydrogen-bond acceptors (Lipinski definition) is 24. The summed E-state index contributed by atoms with van der Waals surface area (Å²) in [6, 6.07) is 57.5. The van der Waals surface area contributed by atoms with Crippen LogP contribution in [0.25, 0.3) is 223 Å². The van der Waals surface area contributed by atoms with Gasteiger partial charge in [-0.15, -0.1) is 0 Å². The van der Waals surface area contributed by atoms with E-state index in [1.807, 2.05) is 235 Å². The van der Waals surface area contributed by atoms with Gasteiger partial charge < -0.3 is 35.9 Å². The lowest BCUT2D eigenvalue weighted by Crippen LogP contribution is -2.17. The number of aromatic amines is 8. The summed E-state index contributed by atoms with van der Waals surface area (Å²) >= 11 is 0. The van der Waals surface area contributed by atoms with Gasteiger partial charge in [0.05, 0.1) is 101 Å². The van der Waals surface area contributed by atoms with Crippen molar-refractivity contribution in [3.05, 3.63) is 299 Å². The highest BCUT2D eigenvalue weighted by atomic mass is 16.2. The number of aromatic nitrogens is 28. The summed E-state index contributed by atoms with van der Waals surface area (Å²) < 4.78 is 0. The molecule has 0 atom stereocenters. The summed E-state index contributed by atoms with van der Waals surface area (Å²) in [5, 5.41) is 42.0. The average Bonchev–Trinajstić information content (AvgIpc) is 1.63. The fraction of sp³-hybridized carbons (Fsp3) is 0.119. The predicted molar refractivity (Wildman–Crippen MR) is 554 cm³/mol. The Kier molecular flexibility index (Phi) is 24.4. The lowest BCUT2D eigenvalue weighted by atomic mass is 10.1. The van der Waals surface area contributed by atoms with Gasteiger partial charge in [0.1, 0.15) is 28.6 Å². The lowest BCUT2D eigenvalue weighted by Gasteiger charge is -2.09. The Bertz CT molecular complexity index is 8680. The molecule has 35 nitrogen and oxygen atoms in total. The van der Waals surface area contributed by atoms with E-state index in [9.17, 15) is 19.2 Å². The fourth-order valence-corrected chi connectivity index (χ4v) is 17.1. The molecule has 702 valence electrons. The van der Waals surface area contributed by atoms with Gasteiger partial charge in [-0.25, -0.2) is 39.9 Å². The monoisotopic (exact) mass is 1890 g/mol. The Morgan fingerprint density at radius 1 is 0.333 bits per heavy atom. The number of H-pyrrole nitrogens is 8. The van der Waals surface area contributed by atoms with Gasteiger partial charge in [-0.2, -0.15) is 20.4 Å². The van der Waals surface area contributed by atoms with Crippen LogP contribution in [0.2, 0.25) is 0 Å². The Labute approximate surface area is 818 Å². The molecule has 0 unspecified atom stereocenters. The molecule has 24 aromatic rings. The van der Waals surface area contributed by atoms with Gasteiger partial charge in [0.15, 0.2) is 45.9 Å². The highest BCUT2D eigenvalue weighted by molar-refractivity contribution is 6.04. The van der Waals surface area contributed by atoms with E-state index in [4.69, 9.17) is 19.9 Å². The average molecular weight is 1900 g/mol. The quantitative estimate of drug-likeness (QED) is 0.0300. The van der Waals surface area contributed by atoms with Crippen molar-refractivity contribution < 1.29 is 19.2 Å². The molecule has 11 N–H and O–H groups in total. The van der Waals surface area contributed by atoms with Gasteiger partial charge in [0.25, 0.3) is 0 Å². The zero-order chi connectivity index (χ0) is 97.8. The van der Waals surface area contributed by atoms with E-state index in [1.165, 1.54) is 0 Å². The van der Waals surface area contributed by atoms with Crippen LogP contribution in [0.15, 0.2) is 294 Å². The summed E-state index contributed by atoms with van der Waals surface area (Å²) in [5.41, 5.74) is 30.1. The van der Waals surface area contributed by atoms with Gasteiger partial charge >= 0.3 is 0 Å². The molecule has 0 aliphatic heterocycles. The molecule has 3 amide bonds. The summed E-state index contributed by atoms with van der Waals surface area (Å²) in [4.78, 5) is 134. The fourth-order valence-electron chi connectivity index (χ4n) is 17.1. The SMILES string of the molecule is CC(C)C(=O)Nc1cncc(-c2cnc3n[nH]c(-c4nc5c(-c6cccnc6)cccc5[nH]4)c3c2)c1.CC(C)CC(=O)Nc1cncc(-c2cnc3n[nH]c(-c4nc5c(-c6cccnc6)cccc5[nH]4)c3c2)c1.CCC(=O)Cc1ccc(-c2cnc3n[nH]c(-c4nc5c(-c6cccnc6)cccc5[nH]4)c3c2)cn1.O=C(Nc1cncc(-c2cnc3n[nH]c(-c4nc5c(-c6cccnc6)cccc5[nH]4)c3c2)c1)C1CC1. The molecule has 1 aliphatic rings. The number of nitrogens with one attached hydrogen (secondary N) is 11. The van der Waals surface area contributed by atoms with E-state index >= 15 is 0 Å². The normalized spacial score (nSPS) is 11.9. The van der Waals surface area contributed by atoms with Crippen LogP contribution in [0.1, 0.15) is 66.0 Å². The summed E-state index contributed by atoms with van der Waals surface area (Å²) in [6.45, 7) is 9.59. The Morgan fingerprint density at radius 3 is 0.972 bits per heavy atom. The van der Waals surface area contributed by atoms with Gasteiger partial charge in [-0.05, 0) is 116 Å². The predicted octanol–water partition coefficient (Wildman–Crippen LogP) is 21.0. The van der Waals surface area contributed by atoms with E-state index in [0.29, 0.717) is 82.2 Å². The number of para-hydroxylation sites is 4. The van der Waals surface area contributed by atoms with Gasteiger partial charge in [0.2, 0.25) is 17.7 Å². The van der Waals surface area contributed by atoms with Crippen LogP contribution in [0, 0.1) is 17.8 Å². The van der Waals surface area contributed by atoms with Crippen LogP contribution in [0.3, 0.4) is 0 Å². The zero-order valence-electron chi connectivity index (χ0n) is 78.1. The number of ketones is 1. The molecule has 35 heteroatoms. The van der Waals surface area contributed by atoms with Gasteiger partial charge in [-0.1, -0.05) is 113 Å². The van der Waals surface area contributed by atoms with Crippen LogP contribution in [0.4, 0.5) is 17.1 Å². The molecule has 0 saturated heterocycles. The van der Waals surface area contributed by atoms with Crippen molar-refractivity contribution in [2.24, 2.45) is 17.8 Å². The molecule has 4 aromatic carbocycles. The molecule has 144 heavy (non-hydrogen) atoms. The molecule has 1 fully saturated rings. The molecule has 0 radical (unpaired) electrons. The Hall–Kier alpha value is -19.5. The van der Waals surface area contributed by atoms with Gasteiger partial charge in [-0.3, -0.25) is 79.4 Å². The number of amides is 3. The highest BCUT2D eigenvalue weighted by Gasteiger charge is 2.30. The molecular weight excluding hydrogens is 1810 g/mol. The molecule has 0 bridgehead atoms. The number of anilines is 3. The first-order valence-corrected chi connectivity index (χ1v) is 46.7. The highest BCUT2D eigenvalue weighted by Crippen LogP contribution is 2.41. The van der Waals surface area contributed by atoms with E-state index in [1.54, 1.807) is 93.0 Å². The van der Waals surface area contributed by atoms with Crippen LogP contribution in [-0.2, 0) is 25.6 Å². The van der Waals surface area contributed by atoms with Crippen molar-refractivity contribution in [2.75, 3.05) is 16.0 Å². The van der Waals surface area contributed by atoms with Crippen molar-refractivity contribution >= 4 is 129 Å². The van der Waals surface area contributed by atoms with Crippen LogP contribution in [0.5, 0.6) is 0 Å². The van der Waals surface area contributed by atoms with Crippen LogP contribution in [-0.4, -0.2) is 164 Å². The van der Waals surface area contributed by atoms with Crippen LogP contribution < -0.4 is 16.0 Å². The van der Waals surface area contributed by atoms with Crippen molar-refractivity contribution in [3.63, 3.8) is 0 Å². The van der Waals surface area contributed by atoms with Gasteiger partial charge in [0, 0.05) is 225 Å². The standard InChI is InChI=1S/C28H24N8O.C27H20N8O.C27H22N8O.C27H21N7O/c1-16(2)9-24(37)32-20-10-18(13-30-15-20)19-11-22-26(35-36-27(22)31-14-19)28-33-23-7-3-6-21(25(23)34-28)17-5-4-8-29-12-17;36-27(15-6-7-15)31-19-9-17(12-29-14-19)18-10-21-24(34-35-25(21)30-13-18)26-32-22-5-1-4-20(23(22)33-26)16-3-2-8-28-11-16;1-15(2)27(36)31-19-9-17(12-29-14-19)18-10-21-24(34-35-25(21)30-13-18)26-32-22-7-3-6-20(23(22)33-26)16-5-4-8-28-11-16;1-2-20(35)12-19-9-8-16(14-29-19)18-11-22-25(33-34-26(22)30-15-18)27-31-23-7-3-6-21(24(23)32-27)17-5-4-10-28-13-17/h3-8,10-16H,9H2,1-2H3,(H,32,37)(H,33,34)(H,31,35,36);1-5,8-15H,6-7H2,(H,31,36)(H,32,33)(H,30,34,35);3-15H,1-2H3,(H,31,36)(H,32,33)(H,30,34,35);3-11,13-15H,2,12H2,1H3,(H,31,32)(H,30,33,34). The first-order valence-electron chi connectivity index (χ1n) is 46.7. The number of Topliss-reactive ketones (excluding diaryl/α,β-unsaturated/α-hetero) is 1. The first kappa shape index (κ1) is 89.7. The number of hydrogen-bond donors (Lipinski definition) is 11. The van der Waals surface area contributed by atoms with Crippen molar-refractivity contribution in [3.8, 4) is 135 Å². The smallest absolute Gasteiger partial charge is 0.227 e. The summed E-state index contributed by atoms with van der Waals surface area (Å²) in [5.74, 6) is 3.11. The topological polar surface area (TPSA) is 488 Å². The molecule has 0 spiro atoms. The molecular formula is C109H87N31O4. The maximum Gasteiger partial charge on any atom is 0.227 e. The second-order valence-corrected chi connectivity index (χ2v) is 35.4. The number of benzene rings is 4. The Balaban J connectivity index is 0.000000110. The van der Waals surface area contributed by atoms with Crippen molar-refractivity contribution in [2.45, 2.75) is 66.7 Å². The maximum absolute atomic E-state index is 12.2. The molecule has 1 aliphatic carbocycles. The second-order valence-electron chi connectivity index (χ2n) is 35.4. The number of carbonyl (C=O) groups is 4. The lowest BCUT2D eigenvalue weighted by molar-refractivity contribution is -0.119. The third-order valence-electron chi connectivity index (χ3n) is 24.6. The molecule has 1 saturated carbocycles. The number of pyridine rings is 12. The maximum atomic E-state index is 12.2. The van der Waals surface area contributed by atoms with E-state index in [-0.39, 0.29) is 41.3 Å². The van der Waals surface area contributed by atoms with Crippen LogP contribution >= 0.6 is 0 Å². The molecule has 20 heterocycles. The number of rotatable bonds is 22. The van der Waals surface area contributed by atoms with E-state index < -0.39 is 0 Å². The number of imidazole rings is 4. The summed E-state index contributed by atoms with van der Waals surface area (Å²) in [7, 11) is 0. The number of nitrogens with zero attached hydrogens (tertiary/aromatic N) is 20. The Morgan fingerprint density at radius 2 is 0.660 bits per heavy atom. The largest absolute Gasteiger partial charge is 0.337 e. The van der Waals surface area contributed by atoms with Crippen molar-refractivity contribution in [1.29, 1.82) is 0 Å². The van der Waals surface area contributed by atoms with Crippen molar-refractivity contribution in [1.82, 2.24) is 140 Å². The minimum Gasteiger partial charge on any atom is -0.337 e. The second kappa shape index (κ2) is 39.2. The minimum atomic E-state index is -0.123. The molecule has 25 rings (SSSR count). The minimum absolute atomic E-state index is 0.0322. The number of carbonyl (C=O) groups excluding carboxylic acids is 4. The third-order valence-corrected chi connectivity index (χ3v) is 24.6. The van der Waals surface area contributed by atoms with E-state index in [2.05, 4.69) is 136 Å².